The lowest BCUT2D eigenvalue weighted by Gasteiger charge is -2.10. The monoisotopic (exact) mass is 599 g/mol. The lowest BCUT2D eigenvalue weighted by molar-refractivity contribution is 0.262. The Hall–Kier alpha value is -3.73. The number of halogens is 1. The number of carbonyl (C=O) groups is 1. The first-order valence-corrected chi connectivity index (χ1v) is 11.2. The molecular weight excluding hydrogens is 569 g/mol. The molecule has 0 bridgehead atoms. The van der Waals surface area contributed by atoms with E-state index < -0.39 is 0 Å². The van der Waals surface area contributed by atoms with Crippen molar-refractivity contribution in [3.8, 4) is 11.5 Å². The summed E-state index contributed by atoms with van der Waals surface area (Å²) in [5.41, 5.74) is 10.5. The van der Waals surface area contributed by atoms with Crippen LogP contribution < -0.4 is 25.8 Å². The van der Waals surface area contributed by atoms with Crippen molar-refractivity contribution in [2.45, 2.75) is 6.42 Å². The van der Waals surface area contributed by atoms with Gasteiger partial charge in [-0.3, -0.25) is 4.99 Å². The summed E-state index contributed by atoms with van der Waals surface area (Å²) >= 11 is 0. The second-order valence-electron chi connectivity index (χ2n) is 8.07. The van der Waals surface area contributed by atoms with E-state index in [1.165, 1.54) is 0 Å². The number of nitrogens with zero attached hydrogens (tertiary/aromatic N) is 2. The van der Waals surface area contributed by atoms with Crippen molar-refractivity contribution < 1.29 is 14.3 Å². The molecule has 3 aromatic carbocycles. The average molecular weight is 599 g/mol. The topological polar surface area (TPSA) is 103 Å². The van der Waals surface area contributed by atoms with Gasteiger partial charge in [0.05, 0.1) is 14.2 Å². The first kappa shape index (κ1) is 26.9. The van der Waals surface area contributed by atoms with Gasteiger partial charge in [0.2, 0.25) is 0 Å². The molecule has 188 valence electrons. The minimum Gasteiger partial charge on any atom is -0.493 e. The highest BCUT2D eigenvalue weighted by atomic mass is 127. The Kier molecular flexibility index (Phi) is 9.18. The predicted octanol–water partition coefficient (Wildman–Crippen LogP) is 5.41. The van der Waals surface area contributed by atoms with Gasteiger partial charge in [0.25, 0.3) is 0 Å². The lowest BCUT2D eigenvalue weighted by Crippen LogP contribution is -2.20. The molecule has 0 radical (unpaired) electrons. The molecule has 36 heavy (non-hydrogen) atoms. The van der Waals surface area contributed by atoms with Crippen molar-refractivity contribution >= 4 is 58.1 Å². The number of aromatic nitrogens is 1. The number of carbonyl (C=O) groups excluding carboxylic acids is 1. The van der Waals surface area contributed by atoms with Crippen molar-refractivity contribution in [3.63, 3.8) is 0 Å². The van der Waals surface area contributed by atoms with E-state index in [-0.39, 0.29) is 30.0 Å². The van der Waals surface area contributed by atoms with Gasteiger partial charge in [-0.2, -0.15) is 0 Å². The number of nitrogens with two attached hydrogens (primary N) is 1. The van der Waals surface area contributed by atoms with E-state index in [1.54, 1.807) is 26.4 Å². The molecule has 4 rings (SSSR count). The van der Waals surface area contributed by atoms with Gasteiger partial charge in [-0.25, -0.2) is 4.79 Å². The van der Waals surface area contributed by atoms with Crippen molar-refractivity contribution in [3.05, 3.63) is 84.1 Å². The number of benzene rings is 3. The maximum absolute atomic E-state index is 12.5. The van der Waals surface area contributed by atoms with Crippen LogP contribution in [0.15, 0.2) is 77.9 Å². The summed E-state index contributed by atoms with van der Waals surface area (Å²) in [7, 11) is 5.21. The van der Waals surface area contributed by atoms with Crippen LogP contribution in [-0.4, -0.2) is 37.2 Å². The highest BCUT2D eigenvalue weighted by molar-refractivity contribution is 14.0. The molecule has 0 saturated heterocycles. The Labute approximate surface area is 227 Å². The quantitative estimate of drug-likeness (QED) is 0.143. The third kappa shape index (κ3) is 6.48. The zero-order valence-electron chi connectivity index (χ0n) is 20.4. The standard InChI is InChI=1S/C27H29N5O3.HI/c1-32-14-12-19-16-22(8-9-23(19)32)31-27(33)30-21-6-4-5-20(17-21)26(28)29-13-11-18-7-10-24(34-2)25(15-18)35-3;/h4-10,12,14-17H,11,13H2,1-3H3,(H2,28,29)(H2,30,31,33);1H. The fraction of sp³-hybridized carbons (Fsp3) is 0.185. The maximum atomic E-state index is 12.5. The van der Waals surface area contributed by atoms with E-state index in [0.29, 0.717) is 41.7 Å². The zero-order chi connectivity index (χ0) is 24.8. The van der Waals surface area contributed by atoms with Crippen LogP contribution in [0.1, 0.15) is 11.1 Å². The first-order chi connectivity index (χ1) is 17.0. The third-order valence-corrected chi connectivity index (χ3v) is 5.69. The van der Waals surface area contributed by atoms with E-state index in [2.05, 4.69) is 15.6 Å². The predicted molar refractivity (Wildman–Crippen MR) is 156 cm³/mol. The Morgan fingerprint density at radius 1 is 0.944 bits per heavy atom. The summed E-state index contributed by atoms with van der Waals surface area (Å²) < 4.78 is 12.7. The number of amidine groups is 1. The van der Waals surface area contributed by atoms with Crippen molar-refractivity contribution in [1.29, 1.82) is 0 Å². The zero-order valence-corrected chi connectivity index (χ0v) is 22.8. The SMILES string of the molecule is COc1ccc(CCN=C(N)c2cccc(NC(=O)Nc3ccc4c(ccn4C)c3)c2)cc1OC.I. The van der Waals surface area contributed by atoms with E-state index in [9.17, 15) is 4.79 Å². The van der Waals surface area contributed by atoms with Gasteiger partial charge < -0.3 is 30.4 Å². The molecule has 4 N–H and O–H groups in total. The third-order valence-electron chi connectivity index (χ3n) is 5.69. The molecule has 0 unspecified atom stereocenters. The minimum atomic E-state index is -0.332. The Balaban J connectivity index is 0.00000361. The first-order valence-electron chi connectivity index (χ1n) is 11.2. The van der Waals surface area contributed by atoms with Gasteiger partial charge in [-0.1, -0.05) is 18.2 Å². The average Bonchev–Trinajstić information content (AvgIpc) is 3.23. The van der Waals surface area contributed by atoms with Gasteiger partial charge in [0.1, 0.15) is 5.84 Å². The number of hydrogen-bond donors (Lipinski definition) is 3. The number of hydrogen-bond acceptors (Lipinski definition) is 4. The van der Waals surface area contributed by atoms with Crippen LogP contribution in [-0.2, 0) is 13.5 Å². The van der Waals surface area contributed by atoms with Gasteiger partial charge in [-0.15, -0.1) is 24.0 Å². The number of amides is 2. The molecule has 2 amide bonds. The van der Waals surface area contributed by atoms with Crippen LogP contribution >= 0.6 is 24.0 Å². The number of aliphatic imine (C=N–C) groups is 1. The molecule has 0 spiro atoms. The van der Waals surface area contributed by atoms with Gasteiger partial charge in [0.15, 0.2) is 11.5 Å². The summed E-state index contributed by atoms with van der Waals surface area (Å²) in [6.07, 6.45) is 2.69. The lowest BCUT2D eigenvalue weighted by atomic mass is 10.1. The number of anilines is 2. The summed E-state index contributed by atoms with van der Waals surface area (Å²) in [6, 6.07) is 20.6. The van der Waals surface area contributed by atoms with Gasteiger partial charge >= 0.3 is 6.03 Å². The number of urea groups is 1. The normalized spacial score (nSPS) is 11.0. The minimum absolute atomic E-state index is 0. The molecule has 0 aliphatic rings. The molecule has 0 atom stereocenters. The van der Waals surface area contributed by atoms with Crippen LogP contribution in [0.4, 0.5) is 16.2 Å². The van der Waals surface area contributed by atoms with E-state index in [1.807, 2.05) is 72.4 Å². The molecule has 0 aliphatic heterocycles. The number of ether oxygens (including phenoxy) is 2. The molecule has 1 heterocycles. The summed E-state index contributed by atoms with van der Waals surface area (Å²) in [4.78, 5) is 17.0. The van der Waals surface area contributed by atoms with E-state index >= 15 is 0 Å². The molecule has 4 aromatic rings. The molecule has 0 fully saturated rings. The fourth-order valence-electron chi connectivity index (χ4n) is 3.84. The van der Waals surface area contributed by atoms with Gasteiger partial charge in [-0.05, 0) is 60.5 Å². The van der Waals surface area contributed by atoms with Crippen LogP contribution in [0.5, 0.6) is 11.5 Å². The van der Waals surface area contributed by atoms with Gasteiger partial charge in [0, 0.05) is 47.6 Å². The summed E-state index contributed by atoms with van der Waals surface area (Å²) in [5, 5.41) is 6.78. The van der Waals surface area contributed by atoms with Crippen LogP contribution in [0.3, 0.4) is 0 Å². The molecule has 1 aromatic heterocycles. The van der Waals surface area contributed by atoms with Crippen molar-refractivity contribution in [2.24, 2.45) is 17.8 Å². The smallest absolute Gasteiger partial charge is 0.323 e. The Morgan fingerprint density at radius 3 is 2.44 bits per heavy atom. The highest BCUT2D eigenvalue weighted by Gasteiger charge is 2.08. The van der Waals surface area contributed by atoms with E-state index in [4.69, 9.17) is 15.2 Å². The largest absolute Gasteiger partial charge is 0.493 e. The van der Waals surface area contributed by atoms with E-state index in [0.717, 1.165) is 22.0 Å². The summed E-state index contributed by atoms with van der Waals surface area (Å²) in [6.45, 7) is 0.515. The molecule has 0 saturated carbocycles. The van der Waals surface area contributed by atoms with Crippen LogP contribution in [0, 0.1) is 0 Å². The Bertz CT molecular complexity index is 1380. The molecular formula is C27H30IN5O3. The van der Waals surface area contributed by atoms with Crippen molar-refractivity contribution in [2.75, 3.05) is 31.4 Å². The van der Waals surface area contributed by atoms with Crippen molar-refractivity contribution in [1.82, 2.24) is 4.57 Å². The number of methoxy groups -OCH3 is 2. The summed E-state index contributed by atoms with van der Waals surface area (Å²) in [5.74, 6) is 1.78. The second kappa shape index (κ2) is 12.3. The molecule has 8 nitrogen and oxygen atoms in total. The maximum Gasteiger partial charge on any atom is 0.323 e. The number of fused-ring (bicyclic) bond motifs is 1. The van der Waals surface area contributed by atoms with Crippen LogP contribution in [0.25, 0.3) is 10.9 Å². The fourth-order valence-corrected chi connectivity index (χ4v) is 3.84. The second-order valence-corrected chi connectivity index (χ2v) is 8.07. The molecule has 0 aliphatic carbocycles. The number of rotatable bonds is 8. The number of nitrogens with one attached hydrogen (secondary N) is 2. The highest BCUT2D eigenvalue weighted by Crippen LogP contribution is 2.27. The Morgan fingerprint density at radius 2 is 1.69 bits per heavy atom. The number of aryl methyl sites for hydroxylation is 1. The molecule has 9 heteroatoms. The van der Waals surface area contributed by atoms with Crippen LogP contribution in [0.2, 0.25) is 0 Å².